The Hall–Kier alpha value is -2.29. The fraction of sp³-hybridized carbons (Fsp3) is 0.381. The molecule has 0 aliphatic rings. The van der Waals surface area contributed by atoms with Crippen molar-refractivity contribution in [2.24, 2.45) is 4.99 Å². The molecule has 24 heavy (non-hydrogen) atoms. The Morgan fingerprint density at radius 1 is 1.21 bits per heavy atom. The third kappa shape index (κ3) is 4.60. The lowest BCUT2D eigenvalue weighted by molar-refractivity contribution is 0.414. The normalized spacial score (nSPS) is 12.3. The Labute approximate surface area is 145 Å². The lowest BCUT2D eigenvalue weighted by Gasteiger charge is -2.16. The van der Waals surface area contributed by atoms with E-state index in [0.717, 1.165) is 36.5 Å². The Balaban J connectivity index is 2.01. The minimum Gasteiger partial charge on any atom is -0.497 e. The molecule has 0 spiro atoms. The van der Waals surface area contributed by atoms with Crippen molar-refractivity contribution in [3.63, 3.8) is 0 Å². The van der Waals surface area contributed by atoms with Crippen LogP contribution in [0, 0.1) is 0 Å². The van der Waals surface area contributed by atoms with E-state index in [1.807, 2.05) is 19.2 Å². The first-order chi connectivity index (χ1) is 11.7. The molecule has 2 rings (SSSR count). The monoisotopic (exact) mass is 324 g/mol. The predicted octanol–water partition coefficient (Wildman–Crippen LogP) is 5.59. The van der Waals surface area contributed by atoms with Gasteiger partial charge in [-0.1, -0.05) is 38.1 Å². The molecule has 128 valence electrons. The van der Waals surface area contributed by atoms with Crippen LogP contribution in [-0.4, -0.2) is 19.9 Å². The molecule has 3 heteroatoms. The minimum absolute atomic E-state index is 0.472. The number of nitrogens with one attached hydrogen (secondary N) is 1. The maximum Gasteiger partial charge on any atom is 0.119 e. The van der Waals surface area contributed by atoms with Crippen molar-refractivity contribution in [1.82, 2.24) is 0 Å². The van der Waals surface area contributed by atoms with E-state index in [4.69, 9.17) is 4.74 Å². The molecule has 3 nitrogen and oxygen atoms in total. The maximum absolute atomic E-state index is 5.32. The lowest BCUT2D eigenvalue weighted by Crippen LogP contribution is -2.06. The van der Waals surface area contributed by atoms with Crippen LogP contribution in [0.4, 0.5) is 11.4 Å². The van der Waals surface area contributed by atoms with Crippen LogP contribution in [0.3, 0.4) is 0 Å². The van der Waals surface area contributed by atoms with Crippen LogP contribution in [0.1, 0.15) is 44.2 Å². The average Bonchev–Trinajstić information content (AvgIpc) is 2.63. The zero-order valence-corrected chi connectivity index (χ0v) is 15.2. The van der Waals surface area contributed by atoms with Crippen molar-refractivity contribution in [1.29, 1.82) is 0 Å². The molecule has 2 aromatic rings. The van der Waals surface area contributed by atoms with E-state index in [2.05, 4.69) is 60.6 Å². The van der Waals surface area contributed by atoms with E-state index in [9.17, 15) is 0 Å². The van der Waals surface area contributed by atoms with Gasteiger partial charge in [0.25, 0.3) is 0 Å². The van der Waals surface area contributed by atoms with Gasteiger partial charge < -0.3 is 10.1 Å². The molecule has 2 aromatic carbocycles. The largest absolute Gasteiger partial charge is 0.497 e. The zero-order chi connectivity index (χ0) is 17.4. The van der Waals surface area contributed by atoms with Crippen LogP contribution in [0.15, 0.2) is 47.5 Å². The van der Waals surface area contributed by atoms with Gasteiger partial charge in [0.1, 0.15) is 5.75 Å². The number of aliphatic imine (C=N–C) groups is 1. The van der Waals surface area contributed by atoms with E-state index in [1.54, 1.807) is 7.11 Å². The van der Waals surface area contributed by atoms with Crippen molar-refractivity contribution >= 4 is 17.6 Å². The van der Waals surface area contributed by atoms with Gasteiger partial charge in [0.05, 0.1) is 18.5 Å². The summed E-state index contributed by atoms with van der Waals surface area (Å²) in [7, 11) is 1.71. The van der Waals surface area contributed by atoms with Crippen molar-refractivity contribution in [2.45, 2.75) is 39.5 Å². The number of hydrogen-bond donors (Lipinski definition) is 1. The van der Waals surface area contributed by atoms with Crippen molar-refractivity contribution in [3.05, 3.63) is 53.6 Å². The number of hydrogen-bond acceptors (Lipinski definition) is 3. The van der Waals surface area contributed by atoms with Crippen LogP contribution in [0.5, 0.6) is 5.75 Å². The predicted molar refractivity (Wildman–Crippen MR) is 104 cm³/mol. The van der Waals surface area contributed by atoms with Crippen LogP contribution in [0.25, 0.3) is 0 Å². The fourth-order valence-corrected chi connectivity index (χ4v) is 2.84. The van der Waals surface area contributed by atoms with Crippen LogP contribution < -0.4 is 10.1 Å². The average molecular weight is 324 g/mol. The molecule has 0 amide bonds. The summed E-state index contributed by atoms with van der Waals surface area (Å²) < 4.78 is 5.32. The number of para-hydroxylation sites is 1. The Morgan fingerprint density at radius 3 is 2.71 bits per heavy atom. The summed E-state index contributed by atoms with van der Waals surface area (Å²) in [6.45, 7) is 7.29. The number of nitrogens with zero attached hydrogens (tertiary/aromatic N) is 1. The van der Waals surface area contributed by atoms with E-state index in [1.165, 1.54) is 11.1 Å². The van der Waals surface area contributed by atoms with Gasteiger partial charge in [0, 0.05) is 12.8 Å². The number of anilines is 1. The number of benzene rings is 2. The Bertz CT molecular complexity index is 679. The van der Waals surface area contributed by atoms with Gasteiger partial charge in [-0.15, -0.1) is 0 Å². The quantitative estimate of drug-likeness (QED) is 0.643. The number of methoxy groups -OCH3 is 1. The van der Waals surface area contributed by atoms with Crippen LogP contribution in [0.2, 0.25) is 0 Å². The summed E-state index contributed by atoms with van der Waals surface area (Å²) in [5.74, 6) is 1.39. The summed E-state index contributed by atoms with van der Waals surface area (Å²) >= 11 is 0. The van der Waals surface area contributed by atoms with Crippen LogP contribution in [-0.2, 0) is 6.42 Å². The molecule has 0 radical (unpaired) electrons. The highest BCUT2D eigenvalue weighted by atomic mass is 16.5. The molecule has 0 aliphatic carbocycles. The van der Waals surface area contributed by atoms with E-state index < -0.39 is 0 Å². The van der Waals surface area contributed by atoms with Gasteiger partial charge in [0.2, 0.25) is 0 Å². The molecule has 1 unspecified atom stereocenters. The second-order valence-electron chi connectivity index (χ2n) is 5.95. The van der Waals surface area contributed by atoms with E-state index in [0.29, 0.717) is 5.92 Å². The third-order valence-electron chi connectivity index (χ3n) is 4.31. The molecule has 1 atom stereocenters. The number of ether oxygens (including phenoxy) is 1. The Kier molecular flexibility index (Phi) is 6.86. The first-order valence-electron chi connectivity index (χ1n) is 8.68. The summed E-state index contributed by atoms with van der Waals surface area (Å²) in [6, 6.07) is 14.7. The topological polar surface area (TPSA) is 33.6 Å². The van der Waals surface area contributed by atoms with Gasteiger partial charge >= 0.3 is 0 Å². The smallest absolute Gasteiger partial charge is 0.119 e. The molecule has 0 bridgehead atoms. The van der Waals surface area contributed by atoms with Crippen molar-refractivity contribution < 1.29 is 4.74 Å². The zero-order valence-electron chi connectivity index (χ0n) is 15.2. The maximum atomic E-state index is 5.32. The molecule has 0 aliphatic heterocycles. The third-order valence-corrected chi connectivity index (χ3v) is 4.31. The van der Waals surface area contributed by atoms with Gasteiger partial charge in [-0.3, -0.25) is 4.99 Å². The van der Waals surface area contributed by atoms with Crippen LogP contribution >= 0.6 is 0 Å². The summed E-state index contributed by atoms with van der Waals surface area (Å²) in [6.07, 6.45) is 3.90. The molecule has 1 N–H and O–H groups in total. The Morgan fingerprint density at radius 2 is 2.00 bits per heavy atom. The highest BCUT2D eigenvalue weighted by Gasteiger charge is 2.09. The molecular formula is C21H28N2O. The van der Waals surface area contributed by atoms with Gasteiger partial charge in [-0.25, -0.2) is 0 Å². The fourth-order valence-electron chi connectivity index (χ4n) is 2.84. The number of rotatable bonds is 8. The molecule has 0 saturated carbocycles. The molecule has 0 saturated heterocycles. The second kappa shape index (κ2) is 9.11. The summed E-state index contributed by atoms with van der Waals surface area (Å²) in [5, 5.41) is 3.56. The first kappa shape index (κ1) is 18.1. The summed E-state index contributed by atoms with van der Waals surface area (Å²) in [5.41, 5.74) is 4.77. The molecular weight excluding hydrogens is 296 g/mol. The lowest BCUT2D eigenvalue weighted by atomic mass is 9.97. The van der Waals surface area contributed by atoms with Gasteiger partial charge in [-0.05, 0) is 55.0 Å². The number of aryl methyl sites for hydroxylation is 1. The second-order valence-corrected chi connectivity index (χ2v) is 5.95. The standard InChI is InChI=1S/C21H28N2O/c1-5-17-9-8-12-20(21(17)22-6-2)23-14-13-16(3)18-10-7-11-19(15-18)24-4/h6-12,15-16,23H,5,13-14H2,1-4H3. The van der Waals surface area contributed by atoms with Gasteiger partial charge in [-0.2, -0.15) is 0 Å². The van der Waals surface area contributed by atoms with Gasteiger partial charge in [0.15, 0.2) is 0 Å². The SMILES string of the molecule is CC=Nc1c(CC)cccc1NCCC(C)c1cccc(OC)c1. The molecule has 0 aromatic heterocycles. The highest BCUT2D eigenvalue weighted by Crippen LogP contribution is 2.30. The summed E-state index contributed by atoms with van der Waals surface area (Å²) in [4.78, 5) is 4.55. The molecule has 0 heterocycles. The first-order valence-corrected chi connectivity index (χ1v) is 8.68. The van der Waals surface area contributed by atoms with E-state index in [-0.39, 0.29) is 0 Å². The minimum atomic E-state index is 0.472. The highest BCUT2D eigenvalue weighted by molar-refractivity contribution is 5.74. The van der Waals surface area contributed by atoms with Crippen molar-refractivity contribution in [3.8, 4) is 5.75 Å². The molecule has 0 fully saturated rings. The van der Waals surface area contributed by atoms with E-state index >= 15 is 0 Å². The van der Waals surface area contributed by atoms with Crippen molar-refractivity contribution in [2.75, 3.05) is 19.0 Å².